The molecule has 0 aliphatic heterocycles. The number of amides is 2. The molecule has 0 fully saturated rings. The number of benzene rings is 2. The molecule has 3 N–H and O–H groups in total. The van der Waals surface area contributed by atoms with Gasteiger partial charge in [-0.2, -0.15) is 0 Å². The minimum absolute atomic E-state index is 0.148. The number of nitrogens with one attached hydrogen (secondary N) is 2. The van der Waals surface area contributed by atoms with Crippen LogP contribution in [0, 0.1) is 0 Å². The number of carbonyl (C=O) groups excluding carboxylic acids is 2. The van der Waals surface area contributed by atoms with Crippen LogP contribution in [0.4, 0.5) is 0 Å². The van der Waals surface area contributed by atoms with Crippen molar-refractivity contribution < 1.29 is 24.2 Å². The third-order valence-corrected chi connectivity index (χ3v) is 3.78. The number of carboxylic acids is 1. The average Bonchev–Trinajstić information content (AvgIpc) is 2.66. The van der Waals surface area contributed by atoms with Crippen LogP contribution in [0.3, 0.4) is 0 Å². The van der Waals surface area contributed by atoms with Crippen LogP contribution in [0.15, 0.2) is 54.2 Å². The molecule has 8 heteroatoms. The Morgan fingerprint density at radius 3 is 2.44 bits per heavy atom. The van der Waals surface area contributed by atoms with Gasteiger partial charge in [-0.3, -0.25) is 14.4 Å². The lowest BCUT2D eigenvalue weighted by molar-refractivity contribution is -0.137. The fourth-order valence-electron chi connectivity index (χ4n) is 2.19. The summed E-state index contributed by atoms with van der Waals surface area (Å²) in [4.78, 5) is 35.6. The Bertz CT molecular complexity index is 895. The normalized spacial score (nSPS) is 10.8. The molecule has 140 valence electrons. The summed E-state index contributed by atoms with van der Waals surface area (Å²) >= 11 is 6.01. The maximum atomic E-state index is 12.5. The van der Waals surface area contributed by atoms with Crippen molar-refractivity contribution in [1.29, 1.82) is 0 Å². The van der Waals surface area contributed by atoms with Crippen molar-refractivity contribution in [2.75, 3.05) is 13.7 Å². The fourth-order valence-corrected chi connectivity index (χ4v) is 2.41. The lowest BCUT2D eigenvalue weighted by Gasteiger charge is -2.12. The minimum atomic E-state index is -1.21. The van der Waals surface area contributed by atoms with Gasteiger partial charge in [-0.15, -0.1) is 0 Å². The first-order chi connectivity index (χ1) is 12.9. The zero-order valence-electron chi connectivity index (χ0n) is 14.4. The molecule has 2 aromatic rings. The Balaban J connectivity index is 2.36. The quantitative estimate of drug-likeness (QED) is 0.631. The van der Waals surface area contributed by atoms with E-state index in [2.05, 4.69) is 10.6 Å². The van der Waals surface area contributed by atoms with E-state index in [0.29, 0.717) is 11.3 Å². The Morgan fingerprint density at radius 2 is 1.78 bits per heavy atom. The van der Waals surface area contributed by atoms with Crippen LogP contribution in [0.1, 0.15) is 15.9 Å². The second-order valence-electron chi connectivity index (χ2n) is 5.31. The Labute approximate surface area is 160 Å². The number of carboxylic acid groups (broad SMARTS) is 1. The first-order valence-electron chi connectivity index (χ1n) is 7.83. The lowest BCUT2D eigenvalue weighted by Crippen LogP contribution is -2.37. The number of rotatable bonds is 7. The van der Waals surface area contributed by atoms with Gasteiger partial charge in [0, 0.05) is 5.56 Å². The van der Waals surface area contributed by atoms with Crippen molar-refractivity contribution in [2.45, 2.75) is 0 Å². The number of halogens is 1. The summed E-state index contributed by atoms with van der Waals surface area (Å²) < 4.78 is 5.23. The summed E-state index contributed by atoms with van der Waals surface area (Å²) in [5.74, 6) is -2.10. The van der Waals surface area contributed by atoms with Crippen LogP contribution in [-0.4, -0.2) is 36.5 Å². The molecule has 0 heterocycles. The molecule has 2 amide bonds. The molecule has 0 spiro atoms. The number of hydrogen-bond donors (Lipinski definition) is 3. The molecule has 0 saturated carbocycles. The molecule has 7 nitrogen and oxygen atoms in total. The maximum Gasteiger partial charge on any atom is 0.322 e. The molecule has 2 rings (SSSR count). The molecule has 0 aliphatic carbocycles. The maximum absolute atomic E-state index is 12.5. The van der Waals surface area contributed by atoms with E-state index in [-0.39, 0.29) is 16.3 Å². The van der Waals surface area contributed by atoms with Crippen molar-refractivity contribution in [1.82, 2.24) is 10.6 Å². The van der Waals surface area contributed by atoms with Gasteiger partial charge >= 0.3 is 5.97 Å². The molecular weight excluding hydrogens is 372 g/mol. The van der Waals surface area contributed by atoms with Crippen LogP contribution in [0.2, 0.25) is 5.02 Å². The van der Waals surface area contributed by atoms with Crippen LogP contribution < -0.4 is 15.4 Å². The topological polar surface area (TPSA) is 105 Å². The molecule has 0 atom stereocenters. The second kappa shape index (κ2) is 9.40. The number of para-hydroxylation sites is 1. The minimum Gasteiger partial charge on any atom is -0.496 e. The van der Waals surface area contributed by atoms with Crippen molar-refractivity contribution >= 4 is 35.5 Å². The highest BCUT2D eigenvalue weighted by Crippen LogP contribution is 2.20. The summed E-state index contributed by atoms with van der Waals surface area (Å²) in [5.41, 5.74) is 0.557. The lowest BCUT2D eigenvalue weighted by atomic mass is 10.1. The van der Waals surface area contributed by atoms with Gasteiger partial charge in [0.15, 0.2) is 0 Å². The molecular formula is C19H17ClN2O5. The monoisotopic (exact) mass is 388 g/mol. The van der Waals surface area contributed by atoms with E-state index >= 15 is 0 Å². The number of carbonyl (C=O) groups is 3. The number of methoxy groups -OCH3 is 1. The molecule has 0 saturated heterocycles. The third-order valence-electron chi connectivity index (χ3n) is 3.45. The molecule has 0 aliphatic rings. The molecule has 2 aromatic carbocycles. The second-order valence-corrected chi connectivity index (χ2v) is 5.72. The van der Waals surface area contributed by atoms with Crippen LogP contribution >= 0.6 is 11.6 Å². The zero-order chi connectivity index (χ0) is 19.8. The molecule has 0 unspecified atom stereocenters. The van der Waals surface area contributed by atoms with Crippen molar-refractivity contribution in [3.63, 3.8) is 0 Å². The van der Waals surface area contributed by atoms with E-state index in [9.17, 15) is 14.4 Å². The van der Waals surface area contributed by atoms with E-state index in [1.807, 2.05) is 0 Å². The summed E-state index contributed by atoms with van der Waals surface area (Å²) in [6.07, 6.45) is 1.39. The van der Waals surface area contributed by atoms with Crippen LogP contribution in [0.5, 0.6) is 5.75 Å². The van der Waals surface area contributed by atoms with Crippen molar-refractivity contribution in [2.24, 2.45) is 0 Å². The van der Waals surface area contributed by atoms with E-state index in [1.54, 1.807) is 42.5 Å². The third kappa shape index (κ3) is 5.58. The van der Waals surface area contributed by atoms with E-state index in [1.165, 1.54) is 19.3 Å². The zero-order valence-corrected chi connectivity index (χ0v) is 15.1. The van der Waals surface area contributed by atoms with Crippen LogP contribution in [-0.2, 0) is 9.59 Å². The number of ether oxygens (including phenoxy) is 1. The largest absolute Gasteiger partial charge is 0.496 e. The van der Waals surface area contributed by atoms with Gasteiger partial charge in [0.1, 0.15) is 18.0 Å². The molecule has 0 bridgehead atoms. The number of hydrogen-bond acceptors (Lipinski definition) is 4. The van der Waals surface area contributed by atoms with Gasteiger partial charge in [-0.1, -0.05) is 41.9 Å². The first-order valence-corrected chi connectivity index (χ1v) is 8.20. The molecule has 0 radical (unpaired) electrons. The van der Waals surface area contributed by atoms with E-state index in [0.717, 1.165) is 0 Å². The molecule has 27 heavy (non-hydrogen) atoms. The van der Waals surface area contributed by atoms with Crippen LogP contribution in [0.25, 0.3) is 6.08 Å². The van der Waals surface area contributed by atoms with Crippen molar-refractivity contribution in [3.05, 3.63) is 70.4 Å². The van der Waals surface area contributed by atoms with E-state index < -0.39 is 24.3 Å². The predicted molar refractivity (Wildman–Crippen MR) is 101 cm³/mol. The molecule has 0 aromatic heterocycles. The van der Waals surface area contributed by atoms with Gasteiger partial charge in [-0.05, 0) is 24.3 Å². The summed E-state index contributed by atoms with van der Waals surface area (Å²) in [7, 11) is 1.47. The van der Waals surface area contributed by atoms with Gasteiger partial charge in [0.25, 0.3) is 11.8 Å². The standard InChI is InChI=1S/C19H17ClN2O5/c1-27-16-9-5-2-6-12(16)10-15(19(26)21-11-17(23)24)22-18(25)13-7-3-4-8-14(13)20/h2-10H,11H2,1H3,(H,21,26)(H,22,25)(H,23,24)/b15-10-. The fraction of sp³-hybridized carbons (Fsp3) is 0.105. The number of aliphatic carboxylic acids is 1. The van der Waals surface area contributed by atoms with Gasteiger partial charge in [-0.25, -0.2) is 0 Å². The summed E-state index contributed by atoms with van der Waals surface area (Å²) in [5, 5.41) is 13.7. The van der Waals surface area contributed by atoms with E-state index in [4.69, 9.17) is 21.4 Å². The highest BCUT2D eigenvalue weighted by atomic mass is 35.5. The predicted octanol–water partition coefficient (Wildman–Crippen LogP) is 2.32. The Kier molecular flexibility index (Phi) is 6.96. The Morgan fingerprint density at radius 1 is 1.11 bits per heavy atom. The summed E-state index contributed by atoms with van der Waals surface area (Å²) in [6, 6.07) is 13.2. The van der Waals surface area contributed by atoms with Gasteiger partial charge < -0.3 is 20.5 Å². The summed E-state index contributed by atoms with van der Waals surface area (Å²) in [6.45, 7) is -0.593. The van der Waals surface area contributed by atoms with Gasteiger partial charge in [0.2, 0.25) is 0 Å². The smallest absolute Gasteiger partial charge is 0.322 e. The highest BCUT2D eigenvalue weighted by molar-refractivity contribution is 6.34. The SMILES string of the molecule is COc1ccccc1/C=C(\NC(=O)c1ccccc1Cl)C(=O)NCC(=O)O. The Hall–Kier alpha value is -3.32. The van der Waals surface area contributed by atoms with Crippen molar-refractivity contribution in [3.8, 4) is 5.75 Å². The first kappa shape index (κ1) is 20.0. The van der Waals surface area contributed by atoms with Gasteiger partial charge in [0.05, 0.1) is 17.7 Å². The highest BCUT2D eigenvalue weighted by Gasteiger charge is 2.17. The average molecular weight is 389 g/mol.